The predicted octanol–water partition coefficient (Wildman–Crippen LogP) is 3.22. The molecule has 0 spiro atoms. The van der Waals surface area contributed by atoms with Gasteiger partial charge in [-0.25, -0.2) is 9.67 Å². The van der Waals surface area contributed by atoms with Crippen LogP contribution in [0.3, 0.4) is 0 Å². The van der Waals surface area contributed by atoms with Crippen LogP contribution in [-0.2, 0) is 6.42 Å². The lowest BCUT2D eigenvalue weighted by atomic mass is 10.1. The van der Waals surface area contributed by atoms with Crippen LogP contribution >= 0.6 is 0 Å². The number of nitrogens with zero attached hydrogens (tertiary/aromatic N) is 6. The Kier molecular flexibility index (Phi) is 5.60. The zero-order valence-electron chi connectivity index (χ0n) is 19.1. The highest BCUT2D eigenvalue weighted by molar-refractivity contribution is 5.75. The van der Waals surface area contributed by atoms with Gasteiger partial charge in [-0.1, -0.05) is 24.3 Å². The van der Waals surface area contributed by atoms with Crippen LogP contribution in [0, 0.1) is 0 Å². The summed E-state index contributed by atoms with van der Waals surface area (Å²) in [7, 11) is 0. The molecule has 0 saturated carbocycles. The Bertz CT molecular complexity index is 1280. The molecule has 1 aliphatic heterocycles. The lowest BCUT2D eigenvalue weighted by Crippen LogP contribution is -2.47. The first kappa shape index (κ1) is 21.1. The number of hydrogen-bond donors (Lipinski definition) is 2. The van der Waals surface area contributed by atoms with Gasteiger partial charge in [0.2, 0.25) is 5.95 Å². The normalized spacial score (nSPS) is 18.4. The van der Waals surface area contributed by atoms with Crippen molar-refractivity contribution in [1.29, 1.82) is 0 Å². The van der Waals surface area contributed by atoms with Crippen LogP contribution in [0.2, 0.25) is 0 Å². The van der Waals surface area contributed by atoms with Crippen LogP contribution in [0.1, 0.15) is 23.6 Å². The van der Waals surface area contributed by atoms with Crippen molar-refractivity contribution in [2.45, 2.75) is 18.9 Å². The number of fused-ring (bicyclic) bond motifs is 2. The zero-order valence-corrected chi connectivity index (χ0v) is 19.1. The highest BCUT2D eigenvalue weighted by atomic mass is 16.3. The average Bonchev–Trinajstić information content (AvgIpc) is 3.49. The SMILES string of the molecule is OCCN1CCN(c2ccc(Nc3ncc4cnn(C5CCc6ccccc65)c4n3)cc2)CC1. The van der Waals surface area contributed by atoms with E-state index in [-0.39, 0.29) is 12.6 Å². The molecule has 1 aliphatic carbocycles. The summed E-state index contributed by atoms with van der Waals surface area (Å²) in [5.41, 5.74) is 5.77. The Morgan fingerprint density at radius 1 is 0.971 bits per heavy atom. The van der Waals surface area contributed by atoms with Gasteiger partial charge in [-0.3, -0.25) is 4.90 Å². The van der Waals surface area contributed by atoms with Gasteiger partial charge in [0, 0.05) is 50.3 Å². The van der Waals surface area contributed by atoms with Gasteiger partial charge in [0.25, 0.3) is 0 Å². The number of β-amino-alcohol motifs (C(OH)–C–C–N with tert-alkyl or cyclic N) is 1. The average molecular weight is 456 g/mol. The van der Waals surface area contributed by atoms with Crippen LogP contribution in [0.5, 0.6) is 0 Å². The molecule has 8 nitrogen and oxygen atoms in total. The topological polar surface area (TPSA) is 82.3 Å². The predicted molar refractivity (Wildman–Crippen MR) is 134 cm³/mol. The fourth-order valence-corrected chi connectivity index (χ4v) is 5.17. The standard InChI is InChI=1S/C26H29N7O/c34-16-15-31-11-13-32(14-12-31)22-8-6-21(7-9-22)29-26-27-17-20-18-28-33(25(20)30-26)24-10-5-19-3-1-2-4-23(19)24/h1-4,6-9,17-18,24,34H,5,10-16H2,(H,27,29,30). The third kappa shape index (κ3) is 3.99. The molecular weight excluding hydrogens is 426 g/mol. The van der Waals surface area contributed by atoms with Crippen molar-refractivity contribution in [3.8, 4) is 0 Å². The first-order valence-electron chi connectivity index (χ1n) is 12.0. The molecule has 174 valence electrons. The van der Waals surface area contributed by atoms with E-state index in [1.54, 1.807) is 0 Å². The molecule has 3 heterocycles. The second kappa shape index (κ2) is 9.04. The van der Waals surface area contributed by atoms with Crippen molar-refractivity contribution >= 4 is 28.4 Å². The van der Waals surface area contributed by atoms with Crippen LogP contribution in [0.4, 0.5) is 17.3 Å². The fourth-order valence-electron chi connectivity index (χ4n) is 5.17. The summed E-state index contributed by atoms with van der Waals surface area (Å²) < 4.78 is 2.05. The minimum atomic E-state index is 0.216. The van der Waals surface area contributed by atoms with Crippen LogP contribution < -0.4 is 10.2 Å². The molecule has 1 fully saturated rings. The second-order valence-corrected chi connectivity index (χ2v) is 9.04. The van der Waals surface area contributed by atoms with Crippen molar-refractivity contribution in [2.75, 3.05) is 49.5 Å². The van der Waals surface area contributed by atoms with E-state index in [0.29, 0.717) is 5.95 Å². The molecule has 0 radical (unpaired) electrons. The Hall–Kier alpha value is -3.49. The van der Waals surface area contributed by atoms with Crippen molar-refractivity contribution in [2.24, 2.45) is 0 Å². The number of aliphatic hydroxyl groups is 1. The quantitative estimate of drug-likeness (QED) is 0.462. The van der Waals surface area contributed by atoms with Crippen LogP contribution in [0.15, 0.2) is 60.9 Å². The molecule has 0 bridgehead atoms. The highest BCUT2D eigenvalue weighted by Gasteiger charge is 2.26. The van der Waals surface area contributed by atoms with Gasteiger partial charge in [0.15, 0.2) is 5.65 Å². The van der Waals surface area contributed by atoms with Crippen molar-refractivity contribution < 1.29 is 5.11 Å². The largest absolute Gasteiger partial charge is 0.395 e. The van der Waals surface area contributed by atoms with Gasteiger partial charge in [0.1, 0.15) is 0 Å². The second-order valence-electron chi connectivity index (χ2n) is 9.04. The molecule has 1 saturated heterocycles. The smallest absolute Gasteiger partial charge is 0.229 e. The van der Waals surface area contributed by atoms with Crippen molar-refractivity contribution in [3.63, 3.8) is 0 Å². The van der Waals surface area contributed by atoms with E-state index < -0.39 is 0 Å². The number of aromatic nitrogens is 4. The lowest BCUT2D eigenvalue weighted by Gasteiger charge is -2.35. The van der Waals surface area contributed by atoms with Crippen molar-refractivity contribution in [3.05, 3.63) is 72.1 Å². The Morgan fingerprint density at radius 2 is 1.79 bits per heavy atom. The number of hydrogen-bond acceptors (Lipinski definition) is 7. The Morgan fingerprint density at radius 3 is 2.62 bits per heavy atom. The molecular formula is C26H29N7O. The summed E-state index contributed by atoms with van der Waals surface area (Å²) in [5, 5.41) is 18.1. The van der Waals surface area contributed by atoms with Crippen LogP contribution in [0.25, 0.3) is 11.0 Å². The molecule has 6 rings (SSSR count). The molecule has 2 aromatic heterocycles. The van der Waals surface area contributed by atoms with Gasteiger partial charge in [-0.15, -0.1) is 0 Å². The summed E-state index contributed by atoms with van der Waals surface area (Å²) in [4.78, 5) is 14.0. The molecule has 1 unspecified atom stereocenters. The zero-order chi connectivity index (χ0) is 22.9. The summed E-state index contributed by atoms with van der Waals surface area (Å²) in [6, 6.07) is 17.3. The van der Waals surface area contributed by atoms with E-state index in [2.05, 4.69) is 73.7 Å². The molecule has 4 aromatic rings. The van der Waals surface area contributed by atoms with E-state index in [1.807, 2.05) is 17.1 Å². The summed E-state index contributed by atoms with van der Waals surface area (Å²) in [6.45, 7) is 4.89. The summed E-state index contributed by atoms with van der Waals surface area (Å²) in [6.07, 6.45) is 5.81. The number of piperazine rings is 1. The van der Waals surface area contributed by atoms with Gasteiger partial charge in [0.05, 0.1) is 24.2 Å². The number of nitrogens with one attached hydrogen (secondary N) is 1. The number of benzene rings is 2. The molecule has 2 N–H and O–H groups in total. The Labute approximate surface area is 198 Å². The first-order chi connectivity index (χ1) is 16.8. The number of rotatable bonds is 6. The number of aliphatic hydroxyl groups excluding tert-OH is 1. The number of aryl methyl sites for hydroxylation is 1. The molecule has 34 heavy (non-hydrogen) atoms. The monoisotopic (exact) mass is 455 g/mol. The Balaban J connectivity index is 1.18. The molecule has 1 atom stereocenters. The summed E-state index contributed by atoms with van der Waals surface area (Å²) >= 11 is 0. The van der Waals surface area contributed by atoms with E-state index in [1.165, 1.54) is 16.8 Å². The van der Waals surface area contributed by atoms with E-state index >= 15 is 0 Å². The maximum absolute atomic E-state index is 9.13. The molecule has 2 aliphatic rings. The molecule has 0 amide bonds. The van der Waals surface area contributed by atoms with Crippen molar-refractivity contribution in [1.82, 2.24) is 24.6 Å². The third-order valence-electron chi connectivity index (χ3n) is 7.01. The minimum Gasteiger partial charge on any atom is -0.395 e. The van der Waals surface area contributed by atoms with Crippen LogP contribution in [-0.4, -0.2) is 69.1 Å². The fraction of sp³-hybridized carbons (Fsp3) is 0.346. The van der Waals surface area contributed by atoms with Gasteiger partial charge in [-0.2, -0.15) is 10.1 Å². The van der Waals surface area contributed by atoms with E-state index in [9.17, 15) is 0 Å². The maximum Gasteiger partial charge on any atom is 0.229 e. The highest BCUT2D eigenvalue weighted by Crippen LogP contribution is 2.35. The van der Waals surface area contributed by atoms with E-state index in [4.69, 9.17) is 10.1 Å². The van der Waals surface area contributed by atoms with E-state index in [0.717, 1.165) is 62.3 Å². The van der Waals surface area contributed by atoms with Gasteiger partial charge < -0.3 is 15.3 Å². The van der Waals surface area contributed by atoms with Gasteiger partial charge in [-0.05, 0) is 48.2 Å². The van der Waals surface area contributed by atoms with Gasteiger partial charge >= 0.3 is 0 Å². The molecule has 8 heteroatoms. The first-order valence-corrected chi connectivity index (χ1v) is 12.0. The lowest BCUT2D eigenvalue weighted by molar-refractivity contribution is 0.189. The third-order valence-corrected chi connectivity index (χ3v) is 7.01. The maximum atomic E-state index is 9.13. The molecule has 2 aromatic carbocycles. The minimum absolute atomic E-state index is 0.216. The summed E-state index contributed by atoms with van der Waals surface area (Å²) in [5.74, 6) is 0.575. The number of anilines is 3.